The monoisotopic (exact) mass is 1030 g/mol. The van der Waals surface area contributed by atoms with Gasteiger partial charge in [0.15, 0.2) is 6.29 Å². The summed E-state index contributed by atoms with van der Waals surface area (Å²) in [7, 11) is 0. The molecule has 0 fully saturated rings. The quantitative estimate of drug-likeness (QED) is 0.0429. The van der Waals surface area contributed by atoms with Gasteiger partial charge in [0.25, 0.3) is 0 Å². The molecule has 0 heterocycles. The van der Waals surface area contributed by atoms with E-state index in [4.69, 9.17) is 18.9 Å². The molecule has 0 aromatic heterocycles. The summed E-state index contributed by atoms with van der Waals surface area (Å²) < 4.78 is 213. The molecule has 390 valence electrons. The number of aromatic hydroxyl groups is 1. The van der Waals surface area contributed by atoms with Gasteiger partial charge in [-0.25, -0.2) is 4.39 Å². The molecule has 0 saturated carbocycles. The van der Waals surface area contributed by atoms with Gasteiger partial charge in [0.05, 0.1) is 17.4 Å². The molecule has 5 aromatic carbocycles. The van der Waals surface area contributed by atoms with E-state index in [-0.39, 0.29) is 25.0 Å². The standard InChI is InChI=1S/C52H49F13O7/c1-7-32(45(68)71-43-26-16-37(17-27-43)47(49(54,55)56,50(57,58)59)35-10-20-40(66)21-11-35)29-34(33-8-18-39(53)19-9-33)28-30(2)44(67)70-42-24-14-38(15-25-42)48(51(60,61)62,52(63,64)65)36-12-22-41(23-13-36)69-31(3)72-46(4,5)6/h8-27,30-32,34,66H,7,28-29H2,1-6H3. The van der Waals surface area contributed by atoms with E-state index in [1.165, 1.54) is 26.0 Å². The lowest BCUT2D eigenvalue weighted by atomic mass is 9.73. The second-order valence-corrected chi connectivity index (χ2v) is 18.1. The summed E-state index contributed by atoms with van der Waals surface area (Å²) in [5, 5.41) is 9.56. The van der Waals surface area contributed by atoms with Gasteiger partial charge in [-0.1, -0.05) is 74.5 Å². The first-order valence-corrected chi connectivity index (χ1v) is 22.2. The first kappa shape index (κ1) is 56.6. The van der Waals surface area contributed by atoms with Crippen LogP contribution >= 0.6 is 0 Å². The molecule has 4 atom stereocenters. The molecule has 1 N–H and O–H groups in total. The molecule has 0 radical (unpaired) electrons. The topological polar surface area (TPSA) is 91.3 Å². The number of benzene rings is 5. The number of carbonyl (C=O) groups excluding carboxylic acids is 2. The third-order valence-electron chi connectivity index (χ3n) is 11.9. The van der Waals surface area contributed by atoms with Crippen LogP contribution in [-0.4, -0.2) is 53.6 Å². The minimum atomic E-state index is -5.94. The highest BCUT2D eigenvalue weighted by Crippen LogP contribution is 2.58. The Kier molecular flexibility index (Phi) is 16.8. The molecule has 0 aliphatic rings. The second kappa shape index (κ2) is 21.4. The van der Waals surface area contributed by atoms with Crippen molar-refractivity contribution in [3.63, 3.8) is 0 Å². The summed E-state index contributed by atoms with van der Waals surface area (Å²) in [4.78, 5) is 27.1. The first-order chi connectivity index (χ1) is 33.2. The minimum absolute atomic E-state index is 0.0484. The zero-order valence-corrected chi connectivity index (χ0v) is 39.3. The summed E-state index contributed by atoms with van der Waals surface area (Å²) in [6.07, 6.45) is -24.9. The van der Waals surface area contributed by atoms with E-state index < -0.39 is 122 Å². The van der Waals surface area contributed by atoms with Crippen molar-refractivity contribution in [2.24, 2.45) is 11.8 Å². The van der Waals surface area contributed by atoms with Gasteiger partial charge in [-0.15, -0.1) is 0 Å². The zero-order valence-electron chi connectivity index (χ0n) is 39.3. The first-order valence-electron chi connectivity index (χ1n) is 22.2. The van der Waals surface area contributed by atoms with Gasteiger partial charge in [-0.05, 0) is 141 Å². The average Bonchev–Trinajstić information content (AvgIpc) is 3.25. The van der Waals surface area contributed by atoms with Gasteiger partial charge < -0.3 is 24.1 Å². The number of phenols is 1. The fraction of sp³-hybridized carbons (Fsp3) is 0.385. The Morgan fingerprint density at radius 1 is 0.514 bits per heavy atom. The van der Waals surface area contributed by atoms with Crippen molar-refractivity contribution in [2.75, 3.05) is 0 Å². The largest absolute Gasteiger partial charge is 0.508 e. The fourth-order valence-corrected chi connectivity index (χ4v) is 8.53. The predicted octanol–water partition coefficient (Wildman–Crippen LogP) is 14.6. The summed E-state index contributed by atoms with van der Waals surface area (Å²) >= 11 is 0. The van der Waals surface area contributed by atoms with Crippen LogP contribution in [0.15, 0.2) is 121 Å². The molecule has 5 rings (SSSR count). The number of hydrogen-bond acceptors (Lipinski definition) is 7. The Morgan fingerprint density at radius 3 is 1.24 bits per heavy atom. The number of carbonyl (C=O) groups is 2. The number of ether oxygens (including phenoxy) is 4. The summed E-state index contributed by atoms with van der Waals surface area (Å²) in [6, 6.07) is 15.5. The molecule has 0 saturated heterocycles. The molecule has 7 nitrogen and oxygen atoms in total. The van der Waals surface area contributed by atoms with E-state index in [1.807, 2.05) is 0 Å². The summed E-state index contributed by atoms with van der Waals surface area (Å²) in [5.41, 5.74) is -14.3. The number of halogens is 13. The van der Waals surface area contributed by atoms with Crippen LogP contribution in [-0.2, 0) is 25.2 Å². The highest BCUT2D eigenvalue weighted by Gasteiger charge is 2.73. The van der Waals surface area contributed by atoms with Crippen LogP contribution in [0.4, 0.5) is 57.1 Å². The molecule has 0 aliphatic carbocycles. The van der Waals surface area contributed by atoms with Crippen molar-refractivity contribution in [2.45, 2.75) is 114 Å². The van der Waals surface area contributed by atoms with Crippen molar-refractivity contribution >= 4 is 11.9 Å². The van der Waals surface area contributed by atoms with E-state index in [1.54, 1.807) is 27.7 Å². The lowest BCUT2D eigenvalue weighted by Crippen LogP contribution is -2.54. The lowest BCUT2D eigenvalue weighted by Gasteiger charge is -2.38. The number of rotatable bonds is 17. The average molecular weight is 1030 g/mol. The van der Waals surface area contributed by atoms with Crippen molar-refractivity contribution in [3.05, 3.63) is 155 Å². The van der Waals surface area contributed by atoms with Crippen molar-refractivity contribution in [1.29, 1.82) is 0 Å². The normalized spacial score (nSPS) is 14.8. The van der Waals surface area contributed by atoms with Crippen molar-refractivity contribution < 1.29 is 90.7 Å². The SMILES string of the molecule is CCC(CC(CC(C)C(=O)Oc1ccc(C(c2ccc(OC(C)OC(C)(C)C)cc2)(C(F)(F)F)C(F)(F)F)cc1)c1ccc(F)cc1)C(=O)Oc1ccc(C(c2ccc(O)cc2)(C(F)(F)F)C(F)(F)F)cc1. The minimum Gasteiger partial charge on any atom is -0.508 e. The Labute approximate surface area is 405 Å². The summed E-state index contributed by atoms with van der Waals surface area (Å²) in [6.45, 7) is 9.60. The molecule has 0 amide bonds. The molecule has 0 aliphatic heterocycles. The maximum Gasteiger partial charge on any atom is 0.411 e. The van der Waals surface area contributed by atoms with E-state index in [0.29, 0.717) is 66.2 Å². The molecule has 20 heteroatoms. The Hall–Kier alpha value is -6.31. The highest BCUT2D eigenvalue weighted by atomic mass is 19.4. The summed E-state index contributed by atoms with van der Waals surface area (Å²) in [5.74, 6) is -7.02. The number of hydrogen-bond donors (Lipinski definition) is 1. The van der Waals surface area contributed by atoms with Crippen LogP contribution in [0, 0.1) is 17.7 Å². The lowest BCUT2D eigenvalue weighted by molar-refractivity contribution is -0.290. The molecule has 4 unspecified atom stereocenters. The van der Waals surface area contributed by atoms with E-state index in [0.717, 1.165) is 48.5 Å². The third kappa shape index (κ3) is 12.3. The van der Waals surface area contributed by atoms with Gasteiger partial charge in [-0.3, -0.25) is 9.59 Å². The smallest absolute Gasteiger partial charge is 0.411 e. The van der Waals surface area contributed by atoms with Crippen LogP contribution in [0.2, 0.25) is 0 Å². The molecule has 5 aromatic rings. The predicted molar refractivity (Wildman–Crippen MR) is 237 cm³/mol. The van der Waals surface area contributed by atoms with Gasteiger partial charge >= 0.3 is 36.6 Å². The maximum atomic E-state index is 14.9. The number of phenolic OH excluding ortho intramolecular Hbond substituents is 1. The number of esters is 2. The van der Waals surface area contributed by atoms with Crippen LogP contribution in [0.1, 0.15) is 94.5 Å². The molecular weight excluding hydrogens is 984 g/mol. The molecule has 72 heavy (non-hydrogen) atoms. The van der Waals surface area contributed by atoms with Crippen LogP contribution in [0.5, 0.6) is 23.0 Å². The Bertz CT molecular complexity index is 2550. The van der Waals surface area contributed by atoms with Gasteiger partial charge in [0.1, 0.15) is 28.8 Å². The van der Waals surface area contributed by atoms with Crippen LogP contribution in [0.25, 0.3) is 0 Å². The van der Waals surface area contributed by atoms with E-state index >= 15 is 0 Å². The third-order valence-corrected chi connectivity index (χ3v) is 11.9. The zero-order chi connectivity index (χ0) is 53.8. The van der Waals surface area contributed by atoms with E-state index in [2.05, 4.69) is 0 Å². The van der Waals surface area contributed by atoms with Crippen LogP contribution in [0.3, 0.4) is 0 Å². The number of alkyl halides is 12. The van der Waals surface area contributed by atoms with Crippen LogP contribution < -0.4 is 14.2 Å². The Morgan fingerprint density at radius 2 is 0.875 bits per heavy atom. The maximum absolute atomic E-state index is 14.9. The van der Waals surface area contributed by atoms with Crippen molar-refractivity contribution in [3.8, 4) is 23.0 Å². The molecule has 0 bridgehead atoms. The second-order valence-electron chi connectivity index (χ2n) is 18.1. The van der Waals surface area contributed by atoms with Gasteiger partial charge in [0.2, 0.25) is 10.8 Å². The Balaban J connectivity index is 1.35. The van der Waals surface area contributed by atoms with Gasteiger partial charge in [-0.2, -0.15) is 52.7 Å². The molecular formula is C52H49F13O7. The van der Waals surface area contributed by atoms with Crippen molar-refractivity contribution in [1.82, 2.24) is 0 Å². The molecule has 0 spiro atoms. The van der Waals surface area contributed by atoms with Gasteiger partial charge in [0, 0.05) is 0 Å². The highest BCUT2D eigenvalue weighted by molar-refractivity contribution is 5.76. The van der Waals surface area contributed by atoms with E-state index in [9.17, 15) is 71.8 Å². The fourth-order valence-electron chi connectivity index (χ4n) is 8.53.